The van der Waals surface area contributed by atoms with Gasteiger partial charge in [0.1, 0.15) is 11.6 Å². The average molecular weight is 436 g/mol. The predicted octanol–water partition coefficient (Wildman–Crippen LogP) is 1.52. The molecule has 0 radical (unpaired) electrons. The largest absolute Gasteiger partial charge is 0.497 e. The number of carbonyl (C=O) groups is 2. The summed E-state index contributed by atoms with van der Waals surface area (Å²) in [6.45, 7) is 0.0302. The minimum absolute atomic E-state index is 0.129. The van der Waals surface area contributed by atoms with Crippen molar-refractivity contribution in [3.05, 3.63) is 59.9 Å². The van der Waals surface area contributed by atoms with Gasteiger partial charge in [0.2, 0.25) is 10.0 Å². The lowest BCUT2D eigenvalue weighted by molar-refractivity contribution is -0.135. The van der Waals surface area contributed by atoms with Crippen molar-refractivity contribution in [3.8, 4) is 5.75 Å². The molecule has 0 atom stereocenters. The van der Waals surface area contributed by atoms with Gasteiger partial charge in [-0.3, -0.25) is 4.79 Å². The van der Waals surface area contributed by atoms with E-state index in [4.69, 9.17) is 9.47 Å². The number of rotatable bonds is 6. The van der Waals surface area contributed by atoms with Crippen molar-refractivity contribution in [1.29, 1.82) is 0 Å². The number of hydrogen-bond acceptors (Lipinski definition) is 6. The van der Waals surface area contributed by atoms with Crippen molar-refractivity contribution < 1.29 is 31.9 Å². The quantitative estimate of drug-likeness (QED) is 0.638. The lowest BCUT2D eigenvalue weighted by Crippen LogP contribution is -2.51. The Morgan fingerprint density at radius 1 is 1.03 bits per heavy atom. The third-order valence-corrected chi connectivity index (χ3v) is 6.61. The molecule has 0 saturated carbocycles. The van der Waals surface area contributed by atoms with Gasteiger partial charge >= 0.3 is 5.97 Å². The monoisotopic (exact) mass is 436 g/mol. The standard InChI is InChI=1S/C20H21FN2O6S/c1-28-15-7-8-17(18(21)13-15)20(25)29-14-19(24)22-9-11-23(12-10-22)30(26,27)16-5-3-2-4-6-16/h2-8,13H,9-12,14H2,1H3. The normalized spacial score (nSPS) is 14.9. The molecule has 0 spiro atoms. The van der Waals surface area contributed by atoms with E-state index in [-0.39, 0.29) is 42.4 Å². The van der Waals surface area contributed by atoms with Crippen LogP contribution in [0.25, 0.3) is 0 Å². The number of amides is 1. The van der Waals surface area contributed by atoms with E-state index in [1.54, 1.807) is 18.2 Å². The van der Waals surface area contributed by atoms with Crippen molar-refractivity contribution in [2.75, 3.05) is 39.9 Å². The molecule has 1 saturated heterocycles. The third kappa shape index (κ3) is 4.77. The lowest BCUT2D eigenvalue weighted by atomic mass is 10.2. The van der Waals surface area contributed by atoms with Crippen LogP contribution >= 0.6 is 0 Å². The Labute approximate surface area is 173 Å². The maximum Gasteiger partial charge on any atom is 0.341 e. The first-order chi connectivity index (χ1) is 14.3. The van der Waals surface area contributed by atoms with Crippen LogP contribution < -0.4 is 4.74 Å². The van der Waals surface area contributed by atoms with Crippen molar-refractivity contribution >= 4 is 21.9 Å². The molecule has 30 heavy (non-hydrogen) atoms. The molecule has 3 rings (SSSR count). The molecule has 0 unspecified atom stereocenters. The zero-order valence-corrected chi connectivity index (χ0v) is 17.1. The van der Waals surface area contributed by atoms with Crippen molar-refractivity contribution in [1.82, 2.24) is 9.21 Å². The zero-order valence-electron chi connectivity index (χ0n) is 16.3. The van der Waals surface area contributed by atoms with E-state index in [1.165, 1.54) is 40.6 Å². The Balaban J connectivity index is 1.53. The first kappa shape index (κ1) is 21.7. The first-order valence-electron chi connectivity index (χ1n) is 9.16. The van der Waals surface area contributed by atoms with Gasteiger partial charge in [-0.25, -0.2) is 17.6 Å². The third-order valence-electron chi connectivity index (χ3n) is 4.70. The highest BCUT2D eigenvalue weighted by molar-refractivity contribution is 7.89. The van der Waals surface area contributed by atoms with E-state index in [9.17, 15) is 22.4 Å². The molecule has 0 aromatic heterocycles. The zero-order chi connectivity index (χ0) is 21.7. The molecule has 1 heterocycles. The molecule has 10 heteroatoms. The second kappa shape index (κ2) is 9.23. The van der Waals surface area contributed by atoms with E-state index >= 15 is 0 Å². The van der Waals surface area contributed by atoms with E-state index in [0.717, 1.165) is 6.07 Å². The summed E-state index contributed by atoms with van der Waals surface area (Å²) in [6, 6.07) is 11.7. The van der Waals surface area contributed by atoms with Crippen LogP contribution in [0.15, 0.2) is 53.4 Å². The Morgan fingerprint density at radius 2 is 1.70 bits per heavy atom. The number of esters is 1. The molecule has 1 fully saturated rings. The molecule has 2 aromatic carbocycles. The number of hydrogen-bond donors (Lipinski definition) is 0. The fourth-order valence-corrected chi connectivity index (χ4v) is 4.45. The summed E-state index contributed by atoms with van der Waals surface area (Å²) in [5.41, 5.74) is -0.303. The molecule has 1 aliphatic heterocycles. The van der Waals surface area contributed by atoms with Gasteiger partial charge in [0.05, 0.1) is 17.6 Å². The summed E-state index contributed by atoms with van der Waals surface area (Å²) < 4.78 is 50.3. The summed E-state index contributed by atoms with van der Waals surface area (Å²) in [5.74, 6) is -2.00. The summed E-state index contributed by atoms with van der Waals surface area (Å²) >= 11 is 0. The van der Waals surface area contributed by atoms with E-state index < -0.39 is 34.3 Å². The predicted molar refractivity (Wildman–Crippen MR) is 105 cm³/mol. The van der Waals surface area contributed by atoms with Crippen LogP contribution in [-0.2, 0) is 19.6 Å². The SMILES string of the molecule is COc1ccc(C(=O)OCC(=O)N2CCN(S(=O)(=O)c3ccccc3)CC2)c(F)c1. The Kier molecular flexibility index (Phi) is 6.68. The highest BCUT2D eigenvalue weighted by Crippen LogP contribution is 2.18. The van der Waals surface area contributed by atoms with Crippen LogP contribution in [0.4, 0.5) is 4.39 Å². The van der Waals surface area contributed by atoms with Crippen molar-refractivity contribution in [2.45, 2.75) is 4.90 Å². The molecule has 1 amide bonds. The van der Waals surface area contributed by atoms with Crippen LogP contribution in [-0.4, -0.2) is 69.4 Å². The number of nitrogens with zero attached hydrogens (tertiary/aromatic N) is 2. The summed E-state index contributed by atoms with van der Waals surface area (Å²) in [6.07, 6.45) is 0. The number of benzene rings is 2. The number of carbonyl (C=O) groups excluding carboxylic acids is 2. The van der Waals surface area contributed by atoms with E-state index in [1.807, 2.05) is 0 Å². The molecule has 160 valence electrons. The van der Waals surface area contributed by atoms with Crippen LogP contribution in [0, 0.1) is 5.82 Å². The van der Waals surface area contributed by atoms with Gasteiger partial charge in [-0.15, -0.1) is 0 Å². The topological polar surface area (TPSA) is 93.2 Å². The molecule has 0 bridgehead atoms. The fourth-order valence-electron chi connectivity index (χ4n) is 3.00. The van der Waals surface area contributed by atoms with Crippen LogP contribution in [0.5, 0.6) is 5.75 Å². The van der Waals surface area contributed by atoms with E-state index in [2.05, 4.69) is 0 Å². The van der Waals surface area contributed by atoms with Crippen LogP contribution in [0.2, 0.25) is 0 Å². The summed E-state index contributed by atoms with van der Waals surface area (Å²) in [4.78, 5) is 26.0. The molecular formula is C20H21FN2O6S. The van der Waals surface area contributed by atoms with E-state index in [0.29, 0.717) is 0 Å². The number of ether oxygens (including phenoxy) is 2. The second-order valence-electron chi connectivity index (χ2n) is 6.52. The minimum atomic E-state index is -3.63. The number of piperazine rings is 1. The maximum absolute atomic E-state index is 13.9. The maximum atomic E-state index is 13.9. The molecule has 0 aliphatic carbocycles. The van der Waals surface area contributed by atoms with Crippen LogP contribution in [0.1, 0.15) is 10.4 Å². The van der Waals surface area contributed by atoms with Gasteiger partial charge in [-0.2, -0.15) is 4.31 Å². The van der Waals surface area contributed by atoms with Gasteiger partial charge in [0, 0.05) is 32.2 Å². The van der Waals surface area contributed by atoms with Gasteiger partial charge < -0.3 is 14.4 Å². The average Bonchev–Trinajstić information content (AvgIpc) is 2.77. The van der Waals surface area contributed by atoms with Gasteiger partial charge in [0.15, 0.2) is 6.61 Å². The Morgan fingerprint density at radius 3 is 2.30 bits per heavy atom. The first-order valence-corrected chi connectivity index (χ1v) is 10.6. The molecule has 1 aliphatic rings. The Hall–Kier alpha value is -2.98. The second-order valence-corrected chi connectivity index (χ2v) is 8.46. The molecule has 2 aromatic rings. The fraction of sp³-hybridized carbons (Fsp3) is 0.300. The smallest absolute Gasteiger partial charge is 0.341 e. The Bertz CT molecular complexity index is 1020. The molecular weight excluding hydrogens is 415 g/mol. The van der Waals surface area contributed by atoms with Gasteiger partial charge in [0.25, 0.3) is 5.91 Å². The van der Waals surface area contributed by atoms with Gasteiger partial charge in [-0.1, -0.05) is 18.2 Å². The highest BCUT2D eigenvalue weighted by Gasteiger charge is 2.30. The summed E-state index contributed by atoms with van der Waals surface area (Å²) in [7, 11) is -2.25. The van der Waals surface area contributed by atoms with Crippen molar-refractivity contribution in [2.24, 2.45) is 0 Å². The number of methoxy groups -OCH3 is 1. The highest BCUT2D eigenvalue weighted by atomic mass is 32.2. The van der Waals surface area contributed by atoms with Crippen LogP contribution in [0.3, 0.4) is 0 Å². The molecule has 0 N–H and O–H groups in total. The number of sulfonamides is 1. The van der Waals surface area contributed by atoms with Gasteiger partial charge in [-0.05, 0) is 24.3 Å². The molecule has 8 nitrogen and oxygen atoms in total. The summed E-state index contributed by atoms with van der Waals surface area (Å²) in [5, 5.41) is 0. The van der Waals surface area contributed by atoms with Crippen molar-refractivity contribution in [3.63, 3.8) is 0 Å². The lowest BCUT2D eigenvalue weighted by Gasteiger charge is -2.33. The number of halogens is 1. The minimum Gasteiger partial charge on any atom is -0.497 e.